The van der Waals surface area contributed by atoms with E-state index in [9.17, 15) is 4.79 Å². The van der Waals surface area contributed by atoms with E-state index >= 15 is 0 Å². The highest BCUT2D eigenvalue weighted by Gasteiger charge is 2.10. The summed E-state index contributed by atoms with van der Waals surface area (Å²) in [6.45, 7) is 4.06. The van der Waals surface area contributed by atoms with Crippen LogP contribution in [0.1, 0.15) is 24.8 Å². The number of aromatic nitrogens is 2. The Morgan fingerprint density at radius 2 is 2.35 bits per heavy atom. The van der Waals surface area contributed by atoms with Gasteiger partial charge in [0.05, 0.1) is 12.6 Å². The number of anilines is 1. The van der Waals surface area contributed by atoms with E-state index in [2.05, 4.69) is 10.4 Å². The highest BCUT2D eigenvalue weighted by atomic mass is 32.1. The van der Waals surface area contributed by atoms with Crippen LogP contribution in [0.2, 0.25) is 0 Å². The second-order valence-electron chi connectivity index (χ2n) is 4.06. The molecule has 90 valence electrons. The first-order chi connectivity index (χ1) is 8.16. The molecule has 1 amide bonds. The van der Waals surface area contributed by atoms with Crippen molar-refractivity contribution < 1.29 is 4.79 Å². The van der Waals surface area contributed by atoms with Gasteiger partial charge in [0, 0.05) is 17.0 Å². The molecule has 2 heterocycles. The quantitative estimate of drug-likeness (QED) is 0.905. The van der Waals surface area contributed by atoms with E-state index in [4.69, 9.17) is 0 Å². The molecule has 0 atom stereocenters. The number of hydrogen-bond donors (Lipinski definition) is 1. The van der Waals surface area contributed by atoms with Crippen molar-refractivity contribution >= 4 is 23.1 Å². The first-order valence-electron chi connectivity index (χ1n) is 5.52. The van der Waals surface area contributed by atoms with Gasteiger partial charge in [-0.3, -0.25) is 4.79 Å². The van der Waals surface area contributed by atoms with Gasteiger partial charge in [-0.2, -0.15) is 5.10 Å². The summed E-state index contributed by atoms with van der Waals surface area (Å²) in [6, 6.07) is 5.96. The lowest BCUT2D eigenvalue weighted by atomic mass is 10.3. The number of carbonyl (C=O) groups is 1. The van der Waals surface area contributed by atoms with Crippen LogP contribution in [0.4, 0.5) is 5.82 Å². The lowest BCUT2D eigenvalue weighted by Crippen LogP contribution is -2.17. The van der Waals surface area contributed by atoms with Crippen LogP contribution in [0.3, 0.4) is 0 Å². The number of nitrogens with one attached hydrogen (secondary N) is 1. The molecule has 0 aromatic carbocycles. The average Bonchev–Trinajstić information content (AvgIpc) is 2.88. The molecule has 0 bridgehead atoms. The van der Waals surface area contributed by atoms with Gasteiger partial charge in [-0.1, -0.05) is 6.07 Å². The minimum absolute atomic E-state index is 0.00477. The zero-order chi connectivity index (χ0) is 12.3. The van der Waals surface area contributed by atoms with Crippen molar-refractivity contribution in [2.45, 2.75) is 26.3 Å². The lowest BCUT2D eigenvalue weighted by Gasteiger charge is -2.11. The molecule has 17 heavy (non-hydrogen) atoms. The van der Waals surface area contributed by atoms with Gasteiger partial charge >= 0.3 is 0 Å². The maximum Gasteiger partial charge on any atom is 0.230 e. The maximum atomic E-state index is 11.8. The first kappa shape index (κ1) is 11.9. The van der Waals surface area contributed by atoms with Crippen LogP contribution in [0, 0.1) is 0 Å². The third-order valence-corrected chi connectivity index (χ3v) is 3.22. The molecule has 4 nitrogen and oxygen atoms in total. The van der Waals surface area contributed by atoms with Gasteiger partial charge in [-0.05, 0) is 25.3 Å². The number of rotatable bonds is 4. The Morgan fingerprint density at radius 3 is 3.00 bits per heavy atom. The van der Waals surface area contributed by atoms with Gasteiger partial charge in [0.15, 0.2) is 0 Å². The molecule has 1 N–H and O–H groups in total. The predicted molar refractivity (Wildman–Crippen MR) is 69.3 cm³/mol. The molecular formula is C12H15N3OS. The van der Waals surface area contributed by atoms with Gasteiger partial charge in [-0.25, -0.2) is 4.68 Å². The minimum Gasteiger partial charge on any atom is -0.311 e. The maximum absolute atomic E-state index is 11.8. The summed E-state index contributed by atoms with van der Waals surface area (Å²) < 4.78 is 1.80. The summed E-state index contributed by atoms with van der Waals surface area (Å²) in [7, 11) is 0. The molecule has 2 aromatic heterocycles. The molecule has 0 unspecified atom stereocenters. The fourth-order valence-corrected chi connectivity index (χ4v) is 2.29. The van der Waals surface area contributed by atoms with Gasteiger partial charge in [0.1, 0.15) is 5.82 Å². The Kier molecular flexibility index (Phi) is 3.58. The van der Waals surface area contributed by atoms with Gasteiger partial charge in [-0.15, -0.1) is 11.3 Å². The number of amides is 1. The summed E-state index contributed by atoms with van der Waals surface area (Å²) >= 11 is 1.59. The SMILES string of the molecule is CC(C)n1nccc1NC(=O)Cc1cccs1. The Morgan fingerprint density at radius 1 is 1.53 bits per heavy atom. The van der Waals surface area contributed by atoms with Crippen LogP contribution < -0.4 is 5.32 Å². The van der Waals surface area contributed by atoms with Crippen LogP contribution in [0.25, 0.3) is 0 Å². The van der Waals surface area contributed by atoms with Gasteiger partial charge < -0.3 is 5.32 Å². The number of hydrogen-bond acceptors (Lipinski definition) is 3. The Hall–Kier alpha value is -1.62. The Labute approximate surface area is 104 Å². The van der Waals surface area contributed by atoms with E-state index in [1.807, 2.05) is 37.4 Å². The summed E-state index contributed by atoms with van der Waals surface area (Å²) in [4.78, 5) is 12.9. The summed E-state index contributed by atoms with van der Waals surface area (Å²) in [5.74, 6) is 0.747. The van der Waals surface area contributed by atoms with Crippen LogP contribution in [-0.2, 0) is 11.2 Å². The standard InChI is InChI=1S/C12H15N3OS/c1-9(2)15-11(5-6-13-15)14-12(16)8-10-4-3-7-17-10/h3-7,9H,8H2,1-2H3,(H,14,16). The number of carbonyl (C=O) groups excluding carboxylic acids is 1. The average molecular weight is 249 g/mol. The van der Waals surface area contributed by atoms with Crippen molar-refractivity contribution in [3.63, 3.8) is 0 Å². The molecule has 0 radical (unpaired) electrons. The molecule has 0 aliphatic heterocycles. The second kappa shape index (κ2) is 5.14. The van der Waals surface area contributed by atoms with E-state index in [0.717, 1.165) is 10.7 Å². The van der Waals surface area contributed by atoms with Crippen LogP contribution >= 0.6 is 11.3 Å². The fourth-order valence-electron chi connectivity index (χ4n) is 1.58. The van der Waals surface area contributed by atoms with E-state index in [1.54, 1.807) is 22.2 Å². The predicted octanol–water partition coefficient (Wildman–Crippen LogP) is 2.71. The molecule has 2 rings (SSSR count). The molecule has 2 aromatic rings. The topological polar surface area (TPSA) is 46.9 Å². The molecule has 0 saturated carbocycles. The molecular weight excluding hydrogens is 234 g/mol. The monoisotopic (exact) mass is 249 g/mol. The van der Waals surface area contributed by atoms with Crippen molar-refractivity contribution in [1.82, 2.24) is 9.78 Å². The third-order valence-electron chi connectivity index (χ3n) is 2.34. The van der Waals surface area contributed by atoms with E-state index in [1.165, 1.54) is 0 Å². The number of thiophene rings is 1. The van der Waals surface area contributed by atoms with Crippen molar-refractivity contribution in [2.24, 2.45) is 0 Å². The van der Waals surface area contributed by atoms with Gasteiger partial charge in [0.25, 0.3) is 0 Å². The summed E-state index contributed by atoms with van der Waals surface area (Å²) in [5, 5.41) is 9.02. The molecule has 0 fully saturated rings. The molecule has 0 aliphatic carbocycles. The molecule has 0 spiro atoms. The van der Waals surface area contributed by atoms with Crippen molar-refractivity contribution in [3.05, 3.63) is 34.7 Å². The molecule has 0 saturated heterocycles. The van der Waals surface area contributed by atoms with Gasteiger partial charge in [0.2, 0.25) is 5.91 Å². The van der Waals surface area contributed by atoms with E-state index in [0.29, 0.717) is 6.42 Å². The lowest BCUT2D eigenvalue weighted by molar-refractivity contribution is -0.115. The molecule has 5 heteroatoms. The summed E-state index contributed by atoms with van der Waals surface area (Å²) in [6.07, 6.45) is 2.11. The van der Waals surface area contributed by atoms with Crippen LogP contribution in [-0.4, -0.2) is 15.7 Å². The van der Waals surface area contributed by atoms with E-state index in [-0.39, 0.29) is 11.9 Å². The normalized spacial score (nSPS) is 10.8. The van der Waals surface area contributed by atoms with Crippen molar-refractivity contribution in [3.8, 4) is 0 Å². The smallest absolute Gasteiger partial charge is 0.230 e. The Bertz CT molecular complexity index is 488. The fraction of sp³-hybridized carbons (Fsp3) is 0.333. The van der Waals surface area contributed by atoms with Crippen LogP contribution in [0.15, 0.2) is 29.8 Å². The zero-order valence-corrected chi connectivity index (χ0v) is 10.7. The summed E-state index contributed by atoms with van der Waals surface area (Å²) in [5.41, 5.74) is 0. The van der Waals surface area contributed by atoms with E-state index < -0.39 is 0 Å². The second-order valence-corrected chi connectivity index (χ2v) is 5.09. The highest BCUT2D eigenvalue weighted by molar-refractivity contribution is 7.10. The number of nitrogens with zero attached hydrogens (tertiary/aromatic N) is 2. The highest BCUT2D eigenvalue weighted by Crippen LogP contribution is 2.14. The van der Waals surface area contributed by atoms with Crippen molar-refractivity contribution in [2.75, 3.05) is 5.32 Å². The van der Waals surface area contributed by atoms with Crippen LogP contribution in [0.5, 0.6) is 0 Å². The first-order valence-corrected chi connectivity index (χ1v) is 6.40. The Balaban J connectivity index is 2.01. The zero-order valence-electron chi connectivity index (χ0n) is 9.88. The molecule has 0 aliphatic rings. The third kappa shape index (κ3) is 2.94. The minimum atomic E-state index is -0.00477. The van der Waals surface area contributed by atoms with Crippen molar-refractivity contribution in [1.29, 1.82) is 0 Å². The largest absolute Gasteiger partial charge is 0.311 e.